The molecule has 0 spiro atoms. The Bertz CT molecular complexity index is 637. The maximum atomic E-state index is 12.7. The Morgan fingerprint density at radius 1 is 1.16 bits per heavy atom. The molecule has 0 radical (unpaired) electrons. The zero-order chi connectivity index (χ0) is 14.0. The molecule has 1 heterocycles. The Labute approximate surface area is 108 Å². The summed E-state index contributed by atoms with van der Waals surface area (Å²) in [5.41, 5.74) is 0.910. The van der Waals surface area contributed by atoms with Gasteiger partial charge in [0.2, 0.25) is 0 Å². The fourth-order valence-corrected chi connectivity index (χ4v) is 1.68. The van der Waals surface area contributed by atoms with E-state index in [0.29, 0.717) is 5.56 Å². The second-order valence-electron chi connectivity index (χ2n) is 4.06. The molecule has 0 atom stereocenters. The van der Waals surface area contributed by atoms with E-state index in [1.165, 1.54) is 12.3 Å². The second-order valence-corrected chi connectivity index (χ2v) is 4.06. The molecule has 0 bridgehead atoms. The highest BCUT2D eigenvalue weighted by molar-refractivity contribution is 5.70. The van der Waals surface area contributed by atoms with Crippen LogP contribution in [0.1, 0.15) is 16.8 Å². The number of alkyl halides is 3. The summed E-state index contributed by atoms with van der Waals surface area (Å²) in [5.74, 6) is 0. The molecular formula is C14H9F3N2. The van der Waals surface area contributed by atoms with Crippen LogP contribution >= 0.6 is 0 Å². The van der Waals surface area contributed by atoms with Crippen LogP contribution in [0.15, 0.2) is 36.5 Å². The van der Waals surface area contributed by atoms with E-state index in [-0.39, 0.29) is 11.1 Å². The summed E-state index contributed by atoms with van der Waals surface area (Å²) in [7, 11) is 0. The molecule has 19 heavy (non-hydrogen) atoms. The minimum Gasteiger partial charge on any atom is -0.261 e. The quantitative estimate of drug-likeness (QED) is 0.780. The molecule has 0 aliphatic carbocycles. The van der Waals surface area contributed by atoms with E-state index in [1.807, 2.05) is 6.07 Å². The molecule has 1 aromatic heterocycles. The minimum atomic E-state index is -4.43. The normalized spacial score (nSPS) is 11.1. The zero-order valence-corrected chi connectivity index (χ0v) is 9.99. The monoisotopic (exact) mass is 262 g/mol. The highest BCUT2D eigenvalue weighted by Gasteiger charge is 2.31. The van der Waals surface area contributed by atoms with Crippen LogP contribution in [0.25, 0.3) is 11.1 Å². The maximum Gasteiger partial charge on any atom is 0.416 e. The van der Waals surface area contributed by atoms with Crippen molar-refractivity contribution in [3.05, 3.63) is 53.3 Å². The average molecular weight is 262 g/mol. The van der Waals surface area contributed by atoms with Gasteiger partial charge in [-0.15, -0.1) is 0 Å². The van der Waals surface area contributed by atoms with Crippen LogP contribution in [0.4, 0.5) is 13.2 Å². The van der Waals surface area contributed by atoms with E-state index >= 15 is 0 Å². The van der Waals surface area contributed by atoms with Gasteiger partial charge in [0.05, 0.1) is 17.2 Å². The molecule has 1 aromatic carbocycles. The predicted molar refractivity (Wildman–Crippen MR) is 64.1 cm³/mol. The first-order valence-electron chi connectivity index (χ1n) is 5.46. The molecule has 2 nitrogen and oxygen atoms in total. The van der Waals surface area contributed by atoms with E-state index in [1.54, 1.807) is 19.1 Å². The zero-order valence-electron chi connectivity index (χ0n) is 9.99. The number of hydrogen-bond donors (Lipinski definition) is 0. The lowest BCUT2D eigenvalue weighted by molar-refractivity contribution is -0.137. The van der Waals surface area contributed by atoms with Gasteiger partial charge in [0.1, 0.15) is 0 Å². The number of halogens is 3. The number of aromatic nitrogens is 1. The Kier molecular flexibility index (Phi) is 3.26. The molecule has 0 unspecified atom stereocenters. The number of nitriles is 1. The van der Waals surface area contributed by atoms with Crippen molar-refractivity contribution in [2.24, 2.45) is 0 Å². The van der Waals surface area contributed by atoms with Gasteiger partial charge in [-0.25, -0.2) is 0 Å². The first-order chi connectivity index (χ1) is 8.91. The van der Waals surface area contributed by atoms with E-state index < -0.39 is 11.7 Å². The number of aryl methyl sites for hydroxylation is 1. The van der Waals surface area contributed by atoms with Crippen molar-refractivity contribution in [2.45, 2.75) is 13.1 Å². The summed E-state index contributed by atoms with van der Waals surface area (Å²) in [4.78, 5) is 4.03. The molecule has 0 aliphatic rings. The first-order valence-corrected chi connectivity index (χ1v) is 5.46. The number of pyridine rings is 1. The molecule has 5 heteroatoms. The lowest BCUT2D eigenvalue weighted by Gasteiger charge is -2.10. The summed E-state index contributed by atoms with van der Waals surface area (Å²) in [6, 6.07) is 8.30. The van der Waals surface area contributed by atoms with Gasteiger partial charge in [0, 0.05) is 23.0 Å². The molecular weight excluding hydrogens is 253 g/mol. The van der Waals surface area contributed by atoms with Crippen LogP contribution in [0.2, 0.25) is 0 Å². The second kappa shape index (κ2) is 4.73. The van der Waals surface area contributed by atoms with E-state index in [2.05, 4.69) is 4.98 Å². The van der Waals surface area contributed by atoms with Gasteiger partial charge in [-0.2, -0.15) is 18.4 Å². The Hall–Kier alpha value is -2.35. The molecule has 0 aliphatic heterocycles. The average Bonchev–Trinajstić information content (AvgIpc) is 2.38. The third kappa shape index (κ3) is 2.74. The van der Waals surface area contributed by atoms with Gasteiger partial charge in [-0.3, -0.25) is 4.98 Å². The molecule has 2 aromatic rings. The van der Waals surface area contributed by atoms with Gasteiger partial charge in [0.15, 0.2) is 0 Å². The van der Waals surface area contributed by atoms with Crippen LogP contribution in [0, 0.1) is 18.3 Å². The third-order valence-corrected chi connectivity index (χ3v) is 2.69. The standard InChI is InChI=1S/C14H9F3N2/c1-9-2-3-11(8-19-9)13-6-12(14(15,16)17)5-4-10(13)7-18/h2-6,8H,1H3. The molecule has 0 N–H and O–H groups in total. The number of benzene rings is 1. The van der Waals surface area contributed by atoms with E-state index in [0.717, 1.165) is 17.8 Å². The highest BCUT2D eigenvalue weighted by Crippen LogP contribution is 2.33. The largest absolute Gasteiger partial charge is 0.416 e. The van der Waals surface area contributed by atoms with E-state index in [4.69, 9.17) is 5.26 Å². The molecule has 0 saturated heterocycles. The van der Waals surface area contributed by atoms with Crippen LogP contribution in [-0.2, 0) is 6.18 Å². The molecule has 2 rings (SSSR count). The summed E-state index contributed by atoms with van der Waals surface area (Å²) in [5, 5.41) is 8.98. The minimum absolute atomic E-state index is 0.193. The summed E-state index contributed by atoms with van der Waals surface area (Å²) in [6.07, 6.45) is -2.97. The SMILES string of the molecule is Cc1ccc(-c2cc(C(F)(F)F)ccc2C#N)cn1. The number of rotatable bonds is 1. The van der Waals surface area contributed by atoms with Crippen LogP contribution in [-0.4, -0.2) is 4.98 Å². The highest BCUT2D eigenvalue weighted by atomic mass is 19.4. The third-order valence-electron chi connectivity index (χ3n) is 2.69. The summed E-state index contributed by atoms with van der Waals surface area (Å²) >= 11 is 0. The van der Waals surface area contributed by atoms with Crippen molar-refractivity contribution in [3.63, 3.8) is 0 Å². The molecule has 96 valence electrons. The number of nitrogens with zero attached hydrogens (tertiary/aromatic N) is 2. The topological polar surface area (TPSA) is 36.7 Å². The van der Waals surface area contributed by atoms with Gasteiger partial charge >= 0.3 is 6.18 Å². The molecule has 0 amide bonds. The molecule has 0 fully saturated rings. The van der Waals surface area contributed by atoms with Gasteiger partial charge in [-0.1, -0.05) is 6.07 Å². The van der Waals surface area contributed by atoms with Crippen LogP contribution in [0.3, 0.4) is 0 Å². The fourth-order valence-electron chi connectivity index (χ4n) is 1.68. The van der Waals surface area contributed by atoms with Crippen molar-refractivity contribution < 1.29 is 13.2 Å². The molecule has 0 saturated carbocycles. The van der Waals surface area contributed by atoms with Crippen molar-refractivity contribution in [1.29, 1.82) is 5.26 Å². The van der Waals surface area contributed by atoms with Crippen molar-refractivity contribution in [2.75, 3.05) is 0 Å². The Balaban J connectivity index is 2.60. The van der Waals surface area contributed by atoms with Crippen LogP contribution in [0.5, 0.6) is 0 Å². The van der Waals surface area contributed by atoms with Gasteiger partial charge < -0.3 is 0 Å². The summed E-state index contributed by atoms with van der Waals surface area (Å²) in [6.45, 7) is 1.78. The van der Waals surface area contributed by atoms with E-state index in [9.17, 15) is 13.2 Å². The van der Waals surface area contributed by atoms with Gasteiger partial charge in [-0.05, 0) is 31.2 Å². The van der Waals surface area contributed by atoms with Crippen molar-refractivity contribution >= 4 is 0 Å². The smallest absolute Gasteiger partial charge is 0.261 e. The van der Waals surface area contributed by atoms with Gasteiger partial charge in [0.25, 0.3) is 0 Å². The lowest BCUT2D eigenvalue weighted by Crippen LogP contribution is -2.05. The van der Waals surface area contributed by atoms with Crippen LogP contribution < -0.4 is 0 Å². The Morgan fingerprint density at radius 3 is 2.42 bits per heavy atom. The first kappa shape index (κ1) is 13.1. The number of hydrogen-bond acceptors (Lipinski definition) is 2. The maximum absolute atomic E-state index is 12.7. The Morgan fingerprint density at radius 2 is 1.89 bits per heavy atom. The summed E-state index contributed by atoms with van der Waals surface area (Å²) < 4.78 is 38.1. The lowest BCUT2D eigenvalue weighted by atomic mass is 9.99. The predicted octanol–water partition coefficient (Wildman–Crippen LogP) is 3.95. The van der Waals surface area contributed by atoms with Crippen molar-refractivity contribution in [1.82, 2.24) is 4.98 Å². The fraction of sp³-hybridized carbons (Fsp3) is 0.143. The van der Waals surface area contributed by atoms with Crippen molar-refractivity contribution in [3.8, 4) is 17.2 Å².